The summed E-state index contributed by atoms with van der Waals surface area (Å²) in [5, 5.41) is 10.7. The van der Waals surface area contributed by atoms with E-state index < -0.39 is 5.60 Å². The molecule has 166 valence electrons. The van der Waals surface area contributed by atoms with Crippen LogP contribution in [0.1, 0.15) is 84.3 Å². The van der Waals surface area contributed by atoms with E-state index in [4.69, 9.17) is 0 Å². The van der Waals surface area contributed by atoms with Crippen molar-refractivity contribution in [3.8, 4) is 0 Å². The molecule has 4 nitrogen and oxygen atoms in total. The van der Waals surface area contributed by atoms with Crippen molar-refractivity contribution in [3.05, 3.63) is 18.2 Å². The van der Waals surface area contributed by atoms with Gasteiger partial charge in [0.15, 0.2) is 5.78 Å². The van der Waals surface area contributed by atoms with E-state index >= 15 is 0 Å². The van der Waals surface area contributed by atoms with E-state index in [2.05, 4.69) is 18.8 Å². The summed E-state index contributed by atoms with van der Waals surface area (Å²) in [6.45, 7) is 9.51. The minimum absolute atomic E-state index is 0.178. The second-order valence-electron chi connectivity index (χ2n) is 12.2. The Morgan fingerprint density at radius 1 is 1.07 bits per heavy atom. The van der Waals surface area contributed by atoms with Crippen LogP contribution in [0.5, 0.6) is 0 Å². The Morgan fingerprint density at radius 2 is 1.83 bits per heavy atom. The van der Waals surface area contributed by atoms with Crippen LogP contribution in [-0.2, 0) is 11.3 Å². The zero-order valence-corrected chi connectivity index (χ0v) is 19.4. The van der Waals surface area contributed by atoms with E-state index in [1.807, 2.05) is 24.6 Å². The van der Waals surface area contributed by atoms with Crippen LogP contribution in [0.15, 0.2) is 12.5 Å². The third-order valence-corrected chi connectivity index (χ3v) is 10.4. The zero-order valence-electron chi connectivity index (χ0n) is 19.4. The summed E-state index contributed by atoms with van der Waals surface area (Å²) >= 11 is 0. The number of aryl methyl sites for hydroxylation is 1. The Kier molecular flexibility index (Phi) is 4.78. The van der Waals surface area contributed by atoms with Gasteiger partial charge in [-0.05, 0) is 106 Å². The Balaban J connectivity index is 1.34. The largest absolute Gasteiger partial charge is 0.390 e. The van der Waals surface area contributed by atoms with E-state index in [9.17, 15) is 9.90 Å². The lowest BCUT2D eigenvalue weighted by Gasteiger charge is -2.61. The second-order valence-corrected chi connectivity index (χ2v) is 12.2. The minimum atomic E-state index is -0.462. The molecule has 0 unspecified atom stereocenters. The van der Waals surface area contributed by atoms with Crippen molar-refractivity contribution in [3.63, 3.8) is 0 Å². The number of Topliss-reactive ketones (excluding diaryl/α,β-unsaturated/α-hetero) is 1. The van der Waals surface area contributed by atoms with Crippen LogP contribution in [0.25, 0.3) is 0 Å². The van der Waals surface area contributed by atoms with Gasteiger partial charge in [-0.2, -0.15) is 0 Å². The number of ketones is 1. The molecule has 4 saturated carbocycles. The van der Waals surface area contributed by atoms with E-state index in [1.54, 1.807) is 6.33 Å². The summed E-state index contributed by atoms with van der Waals surface area (Å²) < 4.78 is 1.97. The molecule has 0 aliphatic heterocycles. The van der Waals surface area contributed by atoms with Gasteiger partial charge >= 0.3 is 0 Å². The number of nitrogens with zero attached hydrogens (tertiary/aromatic N) is 2. The first-order chi connectivity index (χ1) is 14.1. The molecule has 8 atom stereocenters. The molecule has 0 saturated heterocycles. The monoisotopic (exact) mass is 412 g/mol. The van der Waals surface area contributed by atoms with Gasteiger partial charge in [-0.1, -0.05) is 13.8 Å². The van der Waals surface area contributed by atoms with E-state index in [1.165, 1.54) is 38.5 Å². The van der Waals surface area contributed by atoms with Crippen LogP contribution >= 0.6 is 0 Å². The fourth-order valence-electron chi connectivity index (χ4n) is 8.81. The molecular formula is C26H40N2O2. The van der Waals surface area contributed by atoms with Crippen LogP contribution < -0.4 is 0 Å². The number of carbonyl (C=O) groups is 1. The summed E-state index contributed by atoms with van der Waals surface area (Å²) in [5.74, 6) is 3.58. The summed E-state index contributed by atoms with van der Waals surface area (Å²) in [6, 6.07) is 0. The maximum Gasteiger partial charge on any atom is 0.156 e. The van der Waals surface area contributed by atoms with Gasteiger partial charge in [0.25, 0.3) is 0 Å². The molecule has 4 fully saturated rings. The molecule has 0 spiro atoms. The molecule has 1 aromatic rings. The number of aromatic nitrogens is 2. The number of fused-ring (bicyclic) bond motifs is 5. The van der Waals surface area contributed by atoms with Crippen LogP contribution in [0.3, 0.4) is 0 Å². The van der Waals surface area contributed by atoms with Crippen molar-refractivity contribution in [2.75, 3.05) is 0 Å². The third kappa shape index (κ3) is 3.12. The summed E-state index contributed by atoms with van der Waals surface area (Å²) in [7, 11) is 0. The molecule has 30 heavy (non-hydrogen) atoms. The van der Waals surface area contributed by atoms with Gasteiger partial charge in [0, 0.05) is 12.1 Å². The van der Waals surface area contributed by atoms with Crippen molar-refractivity contribution >= 4 is 5.78 Å². The van der Waals surface area contributed by atoms with Crippen LogP contribution in [0.4, 0.5) is 0 Å². The van der Waals surface area contributed by atoms with Crippen molar-refractivity contribution < 1.29 is 9.90 Å². The van der Waals surface area contributed by atoms with Gasteiger partial charge in [0.2, 0.25) is 0 Å². The fourth-order valence-corrected chi connectivity index (χ4v) is 8.81. The quantitative estimate of drug-likeness (QED) is 0.745. The highest BCUT2D eigenvalue weighted by Crippen LogP contribution is 2.68. The van der Waals surface area contributed by atoms with Gasteiger partial charge in [-0.3, -0.25) is 4.79 Å². The molecule has 4 heteroatoms. The van der Waals surface area contributed by atoms with Crippen molar-refractivity contribution in [2.45, 2.75) is 97.6 Å². The third-order valence-electron chi connectivity index (χ3n) is 10.4. The molecule has 0 bridgehead atoms. The Labute approximate surface area is 181 Å². The van der Waals surface area contributed by atoms with Crippen molar-refractivity contribution in [1.29, 1.82) is 0 Å². The number of rotatable bonds is 3. The highest BCUT2D eigenvalue weighted by Gasteiger charge is 2.61. The maximum absolute atomic E-state index is 13.3. The van der Waals surface area contributed by atoms with Gasteiger partial charge < -0.3 is 9.67 Å². The normalized spacial score (nSPS) is 48.0. The molecule has 1 aromatic heterocycles. The lowest BCUT2D eigenvalue weighted by atomic mass is 9.44. The van der Waals surface area contributed by atoms with Gasteiger partial charge in [-0.25, -0.2) is 4.98 Å². The average Bonchev–Trinajstić information content (AvgIpc) is 3.24. The van der Waals surface area contributed by atoms with Crippen molar-refractivity contribution in [2.24, 2.45) is 40.4 Å². The predicted octanol–water partition coefficient (Wildman–Crippen LogP) is 5.17. The topological polar surface area (TPSA) is 55.1 Å². The molecular weight excluding hydrogens is 372 g/mol. The lowest BCUT2D eigenvalue weighted by Crippen LogP contribution is -2.55. The van der Waals surface area contributed by atoms with Crippen LogP contribution in [-0.4, -0.2) is 26.0 Å². The molecule has 0 radical (unpaired) electrons. The highest BCUT2D eigenvalue weighted by atomic mass is 16.3. The first kappa shape index (κ1) is 20.7. The smallest absolute Gasteiger partial charge is 0.156 e. The SMILES string of the molecule is Cc1cn(CC(=O)[C@H]2CC[C@H]3[C@@H]4CC[C@@H]5C[C@](C)(O)CC[C@]5(C)[C@H]4CC[C@]23C)cn1. The van der Waals surface area contributed by atoms with Crippen LogP contribution in [0, 0.1) is 47.3 Å². The summed E-state index contributed by atoms with van der Waals surface area (Å²) in [5.41, 5.74) is 1.09. The number of hydrogen-bond acceptors (Lipinski definition) is 3. The molecule has 1 heterocycles. The number of aliphatic hydroxyl groups is 1. The van der Waals surface area contributed by atoms with Gasteiger partial charge in [-0.15, -0.1) is 0 Å². The summed E-state index contributed by atoms with van der Waals surface area (Å²) in [4.78, 5) is 17.6. The maximum atomic E-state index is 13.3. The molecule has 1 N–H and O–H groups in total. The van der Waals surface area contributed by atoms with Gasteiger partial charge in [0.05, 0.1) is 24.2 Å². The van der Waals surface area contributed by atoms with E-state index in [0.717, 1.165) is 36.8 Å². The number of imidazole rings is 1. The number of hydrogen-bond donors (Lipinski definition) is 1. The average molecular weight is 413 g/mol. The number of carbonyl (C=O) groups excluding carboxylic acids is 1. The minimum Gasteiger partial charge on any atom is -0.390 e. The molecule has 5 rings (SSSR count). The summed E-state index contributed by atoms with van der Waals surface area (Å²) in [6.07, 6.45) is 14.3. The second kappa shape index (κ2) is 6.92. The van der Waals surface area contributed by atoms with Gasteiger partial charge in [0.1, 0.15) is 0 Å². The zero-order chi connectivity index (χ0) is 21.3. The standard InChI is InChI=1S/C26H40N2O2/c1-17-14-28(16-27-17)15-23(29)22-8-7-20-19-6-5-18-13-24(2,30)11-12-25(18,3)21(19)9-10-26(20,22)4/h14,16,18-22,30H,5-13,15H2,1-4H3/t18-,19+,20+,21+,22-,24-,25+,26+/m1/s1. The molecule has 4 aliphatic rings. The predicted molar refractivity (Wildman–Crippen MR) is 118 cm³/mol. The Morgan fingerprint density at radius 3 is 2.57 bits per heavy atom. The van der Waals surface area contributed by atoms with E-state index in [0.29, 0.717) is 29.6 Å². The molecule has 4 aliphatic carbocycles. The highest BCUT2D eigenvalue weighted by molar-refractivity contribution is 5.82. The van der Waals surface area contributed by atoms with E-state index in [-0.39, 0.29) is 11.3 Å². The molecule has 0 aromatic carbocycles. The first-order valence-corrected chi connectivity index (χ1v) is 12.4. The Hall–Kier alpha value is -1.16. The fraction of sp³-hybridized carbons (Fsp3) is 0.846. The lowest BCUT2D eigenvalue weighted by molar-refractivity contribution is -0.151. The van der Waals surface area contributed by atoms with Crippen LogP contribution in [0.2, 0.25) is 0 Å². The first-order valence-electron chi connectivity index (χ1n) is 12.4. The molecule has 0 amide bonds. The Bertz CT molecular complexity index is 829. The van der Waals surface area contributed by atoms with Crippen molar-refractivity contribution in [1.82, 2.24) is 9.55 Å².